The van der Waals surface area contributed by atoms with Crippen molar-refractivity contribution in [1.29, 1.82) is 0 Å². The van der Waals surface area contributed by atoms with E-state index in [1.54, 1.807) is 0 Å². The third kappa shape index (κ3) is 4.71. The largest absolute Gasteiger partial charge is 0.251 e. The van der Waals surface area contributed by atoms with Gasteiger partial charge in [-0.05, 0) is 0 Å². The summed E-state index contributed by atoms with van der Waals surface area (Å²) in [6.45, 7) is -0.220. The molecule has 1 atom stereocenters. The highest BCUT2D eigenvalue weighted by Crippen LogP contribution is 2.12. The second-order valence-electron chi connectivity index (χ2n) is 0.597. The fourth-order valence-electron chi connectivity index (χ4n) is 0.0423. The van der Waals surface area contributed by atoms with Gasteiger partial charge in [0, 0.05) is 6.16 Å². The predicted molar refractivity (Wildman–Crippen MR) is 28.1 cm³/mol. The van der Waals surface area contributed by atoms with Gasteiger partial charge in [0.05, 0.1) is 6.67 Å². The Morgan fingerprint density at radius 1 is 1.80 bits per heavy atom. The fourth-order valence-corrected chi connectivity index (χ4v) is 0.380. The number of hydrogen-bond donors (Lipinski definition) is 1. The molecule has 0 saturated heterocycles. The van der Waals surface area contributed by atoms with Crippen LogP contribution in [0.4, 0.5) is 4.39 Å². The Labute approximate surface area is 38.1 Å². The van der Waals surface area contributed by atoms with Crippen LogP contribution in [0.1, 0.15) is 0 Å². The monoisotopic (exact) mass is 112 g/mol. The van der Waals surface area contributed by atoms with Gasteiger partial charge in [0.1, 0.15) is 0 Å². The summed E-state index contributed by atoms with van der Waals surface area (Å²) in [6, 6.07) is 0. The molecule has 32 valence electrons. The van der Waals surface area contributed by atoms with E-state index >= 15 is 0 Å². The Balaban J connectivity index is 2.19. The van der Waals surface area contributed by atoms with E-state index in [2.05, 4.69) is 12.2 Å². The number of thiol groups is 1. The van der Waals surface area contributed by atoms with Crippen LogP contribution in [-0.4, -0.2) is 12.8 Å². The minimum absolute atomic E-state index is 0.220. The molecule has 5 heavy (non-hydrogen) atoms. The summed E-state index contributed by atoms with van der Waals surface area (Å²) in [6.07, 6.45) is 0.614. The van der Waals surface area contributed by atoms with Crippen molar-refractivity contribution >= 4 is 20.0 Å². The molecule has 0 rings (SSSR count). The van der Waals surface area contributed by atoms with Gasteiger partial charge in [-0.3, -0.25) is 4.39 Å². The molecule has 0 aliphatic carbocycles. The fraction of sp³-hybridized carbons (Fsp3) is 1.00. The first-order valence-corrected chi connectivity index (χ1v) is 3.84. The summed E-state index contributed by atoms with van der Waals surface area (Å²) >= 11 is 3.79. The number of alkyl halides is 1. The van der Waals surface area contributed by atoms with Gasteiger partial charge in [-0.15, -0.1) is 0 Å². The van der Waals surface area contributed by atoms with Crippen LogP contribution >= 0.6 is 20.0 Å². The maximum Gasteiger partial charge on any atom is 0.0938 e. The SMILES string of the molecule is FCCPS. The average Bonchev–Trinajstić information content (AvgIpc) is 1.41. The average molecular weight is 112 g/mol. The van der Waals surface area contributed by atoms with Crippen LogP contribution < -0.4 is 0 Å². The van der Waals surface area contributed by atoms with Gasteiger partial charge in [-0.25, -0.2) is 0 Å². The van der Waals surface area contributed by atoms with E-state index in [4.69, 9.17) is 0 Å². The maximum atomic E-state index is 11.0. The Bertz CT molecular complexity index is 17.1. The highest BCUT2D eigenvalue weighted by molar-refractivity contribution is 8.38. The number of halogens is 1. The van der Waals surface area contributed by atoms with E-state index in [0.717, 1.165) is 0 Å². The lowest BCUT2D eigenvalue weighted by atomic mass is 10.9. The predicted octanol–water partition coefficient (Wildman–Crippen LogP) is 1.48. The van der Waals surface area contributed by atoms with Crippen molar-refractivity contribution in [3.8, 4) is 0 Å². The molecule has 0 amide bonds. The van der Waals surface area contributed by atoms with E-state index in [0.29, 0.717) is 13.9 Å². The summed E-state index contributed by atoms with van der Waals surface area (Å²) in [4.78, 5) is 0. The lowest BCUT2D eigenvalue weighted by Crippen LogP contribution is -1.68. The first kappa shape index (κ1) is 5.71. The second-order valence-corrected chi connectivity index (χ2v) is 2.36. The topological polar surface area (TPSA) is 0 Å². The van der Waals surface area contributed by atoms with Gasteiger partial charge < -0.3 is 0 Å². The quantitative estimate of drug-likeness (QED) is 0.406. The third-order valence-corrected chi connectivity index (χ3v) is 1.29. The zero-order valence-corrected chi connectivity index (χ0v) is 4.63. The van der Waals surface area contributed by atoms with E-state index in [-0.39, 0.29) is 6.67 Å². The first-order valence-electron chi connectivity index (χ1n) is 1.34. The normalized spacial score (nSPS) is 10.8. The molecule has 0 aromatic carbocycles. The third-order valence-electron chi connectivity index (χ3n) is 0.206. The van der Waals surface area contributed by atoms with Crippen molar-refractivity contribution in [3.05, 3.63) is 0 Å². The van der Waals surface area contributed by atoms with Crippen LogP contribution in [0, 0.1) is 0 Å². The van der Waals surface area contributed by atoms with Crippen molar-refractivity contribution in [2.75, 3.05) is 12.8 Å². The minimum Gasteiger partial charge on any atom is -0.251 e. The Morgan fingerprint density at radius 3 is 2.40 bits per heavy atom. The van der Waals surface area contributed by atoms with Crippen molar-refractivity contribution < 1.29 is 4.39 Å². The molecule has 0 radical (unpaired) electrons. The molecule has 0 aromatic rings. The Hall–Kier alpha value is 0.710. The van der Waals surface area contributed by atoms with E-state index < -0.39 is 0 Å². The van der Waals surface area contributed by atoms with Gasteiger partial charge in [0.25, 0.3) is 0 Å². The molecule has 0 aromatic heterocycles. The van der Waals surface area contributed by atoms with Crippen molar-refractivity contribution in [2.24, 2.45) is 0 Å². The van der Waals surface area contributed by atoms with Gasteiger partial charge in [0.2, 0.25) is 0 Å². The van der Waals surface area contributed by atoms with Crippen LogP contribution in [0.25, 0.3) is 0 Å². The summed E-state index contributed by atoms with van der Waals surface area (Å²) in [5.41, 5.74) is 0. The van der Waals surface area contributed by atoms with Gasteiger partial charge >= 0.3 is 0 Å². The minimum atomic E-state index is -0.220. The Kier molecular flexibility index (Phi) is 5.38. The summed E-state index contributed by atoms with van der Waals surface area (Å²) in [5.74, 6) is 0. The van der Waals surface area contributed by atoms with E-state index in [1.807, 2.05) is 0 Å². The standard InChI is InChI=1S/C2H6FPS/c3-1-2-4-5/h4-5H,1-2H2. The van der Waals surface area contributed by atoms with Crippen molar-refractivity contribution in [1.82, 2.24) is 0 Å². The van der Waals surface area contributed by atoms with Crippen LogP contribution in [0.5, 0.6) is 0 Å². The summed E-state index contributed by atoms with van der Waals surface area (Å²) < 4.78 is 11.0. The molecule has 0 bridgehead atoms. The molecule has 0 aliphatic heterocycles. The van der Waals surface area contributed by atoms with Gasteiger partial charge in [-0.2, -0.15) is 12.2 Å². The van der Waals surface area contributed by atoms with Crippen molar-refractivity contribution in [3.63, 3.8) is 0 Å². The van der Waals surface area contributed by atoms with E-state index in [1.165, 1.54) is 0 Å². The van der Waals surface area contributed by atoms with Crippen LogP contribution in [0.2, 0.25) is 0 Å². The molecule has 0 nitrogen and oxygen atoms in total. The number of rotatable bonds is 2. The molecular weight excluding hydrogens is 106 g/mol. The number of hydrogen-bond acceptors (Lipinski definition) is 1. The van der Waals surface area contributed by atoms with Crippen molar-refractivity contribution in [2.45, 2.75) is 0 Å². The molecule has 3 heteroatoms. The molecule has 0 spiro atoms. The van der Waals surface area contributed by atoms with Gasteiger partial charge in [0.15, 0.2) is 0 Å². The summed E-state index contributed by atoms with van der Waals surface area (Å²) in [7, 11) is 0.477. The van der Waals surface area contributed by atoms with Crippen LogP contribution in [0.3, 0.4) is 0 Å². The van der Waals surface area contributed by atoms with Crippen LogP contribution in [-0.2, 0) is 0 Å². The molecular formula is C2H6FPS. The highest BCUT2D eigenvalue weighted by atomic mass is 32.7. The zero-order chi connectivity index (χ0) is 4.12. The molecule has 0 aliphatic rings. The van der Waals surface area contributed by atoms with E-state index in [9.17, 15) is 4.39 Å². The lowest BCUT2D eigenvalue weighted by molar-refractivity contribution is 0.532. The lowest BCUT2D eigenvalue weighted by Gasteiger charge is -1.76. The molecule has 1 unspecified atom stereocenters. The zero-order valence-electron chi connectivity index (χ0n) is 2.74. The first-order chi connectivity index (χ1) is 2.41. The van der Waals surface area contributed by atoms with Gasteiger partial charge in [-0.1, -0.05) is 7.78 Å². The molecule has 0 N–H and O–H groups in total. The molecule has 0 saturated carbocycles. The highest BCUT2D eigenvalue weighted by Gasteiger charge is 1.71. The molecule has 0 heterocycles. The smallest absolute Gasteiger partial charge is 0.0938 e. The Morgan fingerprint density at radius 2 is 2.40 bits per heavy atom. The maximum absolute atomic E-state index is 11.0. The van der Waals surface area contributed by atoms with Crippen LogP contribution in [0.15, 0.2) is 0 Å². The molecule has 0 fully saturated rings. The second kappa shape index (κ2) is 4.71. The summed E-state index contributed by atoms with van der Waals surface area (Å²) in [5, 5.41) is 0.